The van der Waals surface area contributed by atoms with Gasteiger partial charge >= 0.3 is 0 Å². The molecule has 60 heavy (non-hydrogen) atoms. The summed E-state index contributed by atoms with van der Waals surface area (Å²) in [5.74, 6) is -1.98. The summed E-state index contributed by atoms with van der Waals surface area (Å²) < 4.78 is 12.0. The first-order valence-corrected chi connectivity index (χ1v) is 19.4. The van der Waals surface area contributed by atoms with E-state index in [0.717, 1.165) is 18.7 Å². The predicted octanol–water partition coefficient (Wildman–Crippen LogP) is 1.79. The van der Waals surface area contributed by atoms with E-state index in [4.69, 9.17) is 32.7 Å². The number of aryl methyl sites for hydroxylation is 4. The number of ether oxygens (including phenoxy) is 1. The number of amides is 4. The molecule has 1 aromatic carbocycles. The van der Waals surface area contributed by atoms with Crippen LogP contribution in [0.1, 0.15) is 72.5 Å². The molecule has 1 spiro atoms. The van der Waals surface area contributed by atoms with Gasteiger partial charge in [0.25, 0.3) is 11.8 Å². The third kappa shape index (κ3) is 6.96. The van der Waals surface area contributed by atoms with Gasteiger partial charge in [-0.2, -0.15) is 10.2 Å². The number of likely N-dealkylation sites (tertiary alicyclic amines) is 1. The van der Waals surface area contributed by atoms with Gasteiger partial charge in [-0.3, -0.25) is 48.6 Å². The third-order valence-electron chi connectivity index (χ3n) is 11.0. The summed E-state index contributed by atoms with van der Waals surface area (Å²) in [6, 6.07) is 4.88. The highest BCUT2D eigenvalue weighted by Crippen LogP contribution is 2.39. The van der Waals surface area contributed by atoms with E-state index in [9.17, 15) is 19.2 Å². The Morgan fingerprint density at radius 1 is 0.783 bits per heavy atom. The normalized spacial score (nSPS) is 14.9. The Hall–Kier alpha value is -7.13. The first-order chi connectivity index (χ1) is 28.7. The second kappa shape index (κ2) is 15.2. The van der Waals surface area contributed by atoms with Crippen molar-refractivity contribution in [3.05, 3.63) is 76.0 Å². The van der Waals surface area contributed by atoms with Gasteiger partial charge in [0.05, 0.1) is 52.6 Å². The second-order valence-electron chi connectivity index (χ2n) is 15.2. The number of hydrogen-bond donors (Lipinski definition) is 6. The number of fused-ring (bicyclic) bond motifs is 2. The van der Waals surface area contributed by atoms with Crippen LogP contribution in [0.4, 0.5) is 23.3 Å². The number of allylic oxidation sites excluding steroid dienone is 2. The number of primary amides is 2. The Kier molecular flexibility index (Phi) is 10.1. The SMILES string of the molecule is CCn1nc(C)c(N)c1C(=O)Nc1nc2cc(C(N)=O)cnc2n1C/C=C/Cn1c(NC(=O)c2c(N)c(C)nn2CC)nc2cc(C(N)=O)cc(CN3CC4(COC4)C3)c21. The van der Waals surface area contributed by atoms with Crippen molar-refractivity contribution < 1.29 is 23.9 Å². The van der Waals surface area contributed by atoms with E-state index in [0.29, 0.717) is 66.4 Å². The summed E-state index contributed by atoms with van der Waals surface area (Å²) in [5.41, 5.74) is 29.1. The van der Waals surface area contributed by atoms with Crippen LogP contribution in [0.15, 0.2) is 36.5 Å². The van der Waals surface area contributed by atoms with Crippen LogP contribution in [0.3, 0.4) is 0 Å². The van der Waals surface area contributed by atoms with E-state index >= 15 is 0 Å². The van der Waals surface area contributed by atoms with E-state index in [1.807, 2.05) is 30.6 Å². The molecular formula is C39H46N16O5. The standard InChI is InChI=1S/C39H46N16O5/c1-5-54-30(27(40)20(3)49-54)35(58)47-37-45-25-12-22(32(42)56)11-24(15-51-16-39(17-51)18-60-19-39)29(25)52(37)9-7-8-10-53-34-26(13-23(14-44-34)33(43)57)46-38(53)48-36(59)31-28(41)21(4)50-55(31)6-2/h7-8,11-14H,5-6,9-10,15-19,40-41H2,1-4H3,(H2,42,56)(H2,43,57)(H,45,47,58)(H,46,48,59)/b8-7+. The minimum absolute atomic E-state index is 0.140. The molecule has 7 heterocycles. The molecule has 21 heteroatoms. The fourth-order valence-corrected chi connectivity index (χ4v) is 7.94. The summed E-state index contributed by atoms with van der Waals surface area (Å²) in [6.07, 6.45) is 5.05. The lowest BCUT2D eigenvalue weighted by Gasteiger charge is -2.55. The zero-order valence-electron chi connectivity index (χ0n) is 33.7. The molecule has 2 fully saturated rings. The first-order valence-electron chi connectivity index (χ1n) is 19.4. The van der Waals surface area contributed by atoms with E-state index in [1.165, 1.54) is 21.6 Å². The first kappa shape index (κ1) is 39.7. The van der Waals surface area contributed by atoms with Crippen LogP contribution in [0, 0.1) is 19.3 Å². The highest BCUT2D eigenvalue weighted by Gasteiger charge is 2.48. The van der Waals surface area contributed by atoms with Crippen LogP contribution in [0.5, 0.6) is 0 Å². The number of hydrogen-bond acceptors (Lipinski definition) is 13. The van der Waals surface area contributed by atoms with Gasteiger partial charge in [-0.15, -0.1) is 0 Å². The highest BCUT2D eigenvalue weighted by atomic mass is 16.5. The topological polar surface area (TPSA) is 293 Å². The maximum absolute atomic E-state index is 13.9. The molecule has 6 aromatic rings. The van der Waals surface area contributed by atoms with Crippen LogP contribution in [-0.2, 0) is 37.5 Å². The zero-order chi connectivity index (χ0) is 42.6. The van der Waals surface area contributed by atoms with Gasteiger partial charge in [0.1, 0.15) is 16.9 Å². The van der Waals surface area contributed by atoms with E-state index in [-0.39, 0.29) is 64.3 Å². The van der Waals surface area contributed by atoms with Crippen molar-refractivity contribution in [1.82, 2.24) is 48.5 Å². The monoisotopic (exact) mass is 818 g/mol. The molecule has 21 nitrogen and oxygen atoms in total. The summed E-state index contributed by atoms with van der Waals surface area (Å²) in [7, 11) is 0. The molecule has 312 valence electrons. The molecule has 0 unspecified atom stereocenters. The number of benzene rings is 1. The fourth-order valence-electron chi connectivity index (χ4n) is 7.94. The number of carbonyl (C=O) groups is 4. The van der Waals surface area contributed by atoms with Gasteiger partial charge in [-0.1, -0.05) is 12.2 Å². The van der Waals surface area contributed by atoms with Gasteiger partial charge in [-0.05, 0) is 51.5 Å². The smallest absolute Gasteiger partial charge is 0.278 e. The van der Waals surface area contributed by atoms with E-state index in [1.54, 1.807) is 30.5 Å². The molecule has 0 bridgehead atoms. The molecule has 2 saturated heterocycles. The van der Waals surface area contributed by atoms with Crippen LogP contribution in [0.2, 0.25) is 0 Å². The van der Waals surface area contributed by atoms with Crippen molar-refractivity contribution in [2.24, 2.45) is 16.9 Å². The van der Waals surface area contributed by atoms with Crippen LogP contribution in [-0.4, -0.2) is 98.5 Å². The highest BCUT2D eigenvalue weighted by molar-refractivity contribution is 6.08. The Labute approximate surface area is 342 Å². The van der Waals surface area contributed by atoms with Crippen molar-refractivity contribution in [1.29, 1.82) is 0 Å². The van der Waals surface area contributed by atoms with Gasteiger partial charge in [0.2, 0.25) is 23.7 Å². The third-order valence-corrected chi connectivity index (χ3v) is 11.0. The number of imidazole rings is 2. The Morgan fingerprint density at radius 3 is 1.85 bits per heavy atom. The minimum Gasteiger partial charge on any atom is -0.395 e. The Balaban J connectivity index is 1.16. The average molecular weight is 819 g/mol. The molecule has 0 saturated carbocycles. The van der Waals surface area contributed by atoms with Crippen molar-refractivity contribution >= 4 is 69.1 Å². The molecule has 4 amide bonds. The number of carbonyl (C=O) groups excluding carboxylic acids is 4. The number of nitrogens with zero attached hydrogens (tertiary/aromatic N) is 10. The molecule has 8 rings (SSSR count). The quantitative estimate of drug-likeness (QED) is 0.0856. The number of rotatable bonds is 14. The van der Waals surface area contributed by atoms with Gasteiger partial charge in [0, 0.05) is 63.0 Å². The lowest BCUT2D eigenvalue weighted by molar-refractivity contribution is -0.191. The lowest BCUT2D eigenvalue weighted by atomic mass is 9.78. The number of nitrogens with one attached hydrogen (secondary N) is 2. The summed E-state index contributed by atoms with van der Waals surface area (Å²) >= 11 is 0. The summed E-state index contributed by atoms with van der Waals surface area (Å²) in [4.78, 5) is 68.3. The fraction of sp³-hybridized carbons (Fsp3) is 0.359. The van der Waals surface area contributed by atoms with Crippen LogP contribution in [0.25, 0.3) is 22.2 Å². The second-order valence-corrected chi connectivity index (χ2v) is 15.2. The van der Waals surface area contributed by atoms with Crippen LogP contribution >= 0.6 is 0 Å². The maximum Gasteiger partial charge on any atom is 0.278 e. The summed E-state index contributed by atoms with van der Waals surface area (Å²) in [6.45, 7) is 11.9. The molecule has 0 radical (unpaired) electrons. The lowest BCUT2D eigenvalue weighted by Crippen LogP contribution is -2.65. The molecule has 2 aliphatic rings. The Morgan fingerprint density at radius 2 is 1.32 bits per heavy atom. The van der Waals surface area contributed by atoms with Gasteiger partial charge in [-0.25, -0.2) is 15.0 Å². The molecule has 0 aliphatic carbocycles. The van der Waals surface area contributed by atoms with Crippen molar-refractivity contribution in [3.8, 4) is 0 Å². The van der Waals surface area contributed by atoms with Crippen molar-refractivity contribution in [3.63, 3.8) is 0 Å². The van der Waals surface area contributed by atoms with Crippen LogP contribution < -0.4 is 33.6 Å². The number of nitrogens with two attached hydrogens (primary N) is 4. The minimum atomic E-state index is -0.681. The Bertz CT molecular complexity index is 2760. The van der Waals surface area contributed by atoms with Gasteiger partial charge in [0.15, 0.2) is 5.65 Å². The molecule has 5 aromatic heterocycles. The van der Waals surface area contributed by atoms with E-state index < -0.39 is 23.6 Å². The zero-order valence-corrected chi connectivity index (χ0v) is 33.7. The maximum atomic E-state index is 13.9. The van der Waals surface area contributed by atoms with Gasteiger partial charge < -0.3 is 32.2 Å². The van der Waals surface area contributed by atoms with Crippen molar-refractivity contribution in [2.75, 3.05) is 48.4 Å². The van der Waals surface area contributed by atoms with E-state index in [2.05, 4.69) is 35.7 Å². The summed E-state index contributed by atoms with van der Waals surface area (Å²) in [5, 5.41) is 14.6. The van der Waals surface area contributed by atoms with Crippen molar-refractivity contribution in [2.45, 2.75) is 60.4 Å². The largest absolute Gasteiger partial charge is 0.395 e. The number of aromatic nitrogens is 9. The molecule has 10 N–H and O–H groups in total. The molecule has 2 aliphatic heterocycles. The predicted molar refractivity (Wildman–Crippen MR) is 222 cm³/mol. The number of pyridine rings is 1. The number of anilines is 4. The average Bonchev–Trinajstić information content (AvgIpc) is 3.89. The molecular weight excluding hydrogens is 773 g/mol. The number of nitrogen functional groups attached to an aromatic ring is 2. The molecule has 0 atom stereocenters.